The molecule has 0 aromatic carbocycles. The first-order valence-electron chi connectivity index (χ1n) is 5.06. The highest BCUT2D eigenvalue weighted by atomic mass is 16.5. The number of ether oxygens (including phenoxy) is 1. The van der Waals surface area contributed by atoms with Crippen LogP contribution in [-0.4, -0.2) is 7.11 Å². The van der Waals surface area contributed by atoms with Crippen LogP contribution in [0.15, 0.2) is 60.9 Å². The molecule has 0 saturated carbocycles. The molecule has 15 heavy (non-hydrogen) atoms. The summed E-state index contributed by atoms with van der Waals surface area (Å²) in [6.07, 6.45) is 7.27. The second-order valence-corrected chi connectivity index (χ2v) is 2.39. The highest BCUT2D eigenvalue weighted by Gasteiger charge is 2.04. The Hall–Kier alpha value is -1.50. The minimum Gasteiger partial charge on any atom is -0.497 e. The molecule has 0 saturated heterocycles. The van der Waals surface area contributed by atoms with Gasteiger partial charge in [-0.1, -0.05) is 57.9 Å². The second kappa shape index (κ2) is 10.6. The van der Waals surface area contributed by atoms with E-state index in [4.69, 9.17) is 4.74 Å². The van der Waals surface area contributed by atoms with Crippen LogP contribution in [0.5, 0.6) is 0 Å². The van der Waals surface area contributed by atoms with Crippen LogP contribution in [0.3, 0.4) is 0 Å². The Kier molecular flexibility index (Phi) is 11.2. The van der Waals surface area contributed by atoms with Gasteiger partial charge in [0.25, 0.3) is 0 Å². The Morgan fingerprint density at radius 1 is 1.20 bits per heavy atom. The molecule has 0 N–H and O–H groups in total. The van der Waals surface area contributed by atoms with E-state index < -0.39 is 0 Å². The Labute approximate surface area is 94.2 Å². The van der Waals surface area contributed by atoms with Gasteiger partial charge in [0.1, 0.15) is 5.76 Å². The van der Waals surface area contributed by atoms with Crippen molar-refractivity contribution >= 4 is 0 Å². The molecule has 0 rings (SSSR count). The van der Waals surface area contributed by atoms with E-state index in [0.29, 0.717) is 5.76 Å². The molecule has 84 valence electrons. The monoisotopic (exact) mass is 206 g/mol. The van der Waals surface area contributed by atoms with E-state index in [0.717, 1.165) is 11.1 Å². The second-order valence-electron chi connectivity index (χ2n) is 2.39. The van der Waals surface area contributed by atoms with Gasteiger partial charge < -0.3 is 4.74 Å². The summed E-state index contributed by atoms with van der Waals surface area (Å²) in [6.45, 7) is 17.1. The van der Waals surface area contributed by atoms with Crippen LogP contribution in [0.1, 0.15) is 20.8 Å². The van der Waals surface area contributed by atoms with Crippen molar-refractivity contribution in [2.24, 2.45) is 0 Å². The molecule has 0 heterocycles. The minimum atomic E-state index is 0.618. The Balaban J connectivity index is 0. The van der Waals surface area contributed by atoms with Crippen LogP contribution in [0.25, 0.3) is 0 Å². The van der Waals surface area contributed by atoms with Gasteiger partial charge in [-0.15, -0.1) is 0 Å². The van der Waals surface area contributed by atoms with Crippen molar-refractivity contribution in [1.29, 1.82) is 0 Å². The third kappa shape index (κ3) is 5.74. The molecule has 0 amide bonds. The van der Waals surface area contributed by atoms with E-state index in [1.54, 1.807) is 19.3 Å². The maximum Gasteiger partial charge on any atom is 0.119 e. The van der Waals surface area contributed by atoms with Crippen LogP contribution in [0.2, 0.25) is 0 Å². The smallest absolute Gasteiger partial charge is 0.119 e. The van der Waals surface area contributed by atoms with E-state index in [-0.39, 0.29) is 0 Å². The average Bonchev–Trinajstić information content (AvgIpc) is 2.31. The maximum absolute atomic E-state index is 5.05. The van der Waals surface area contributed by atoms with Crippen LogP contribution in [0, 0.1) is 0 Å². The van der Waals surface area contributed by atoms with Crippen molar-refractivity contribution < 1.29 is 4.74 Å². The normalized spacial score (nSPS) is 10.9. The topological polar surface area (TPSA) is 9.23 Å². The standard InChI is InChI=1S/C12H16O.C2H6/c1-6-9-12(10(4)13-5)11(7-2)8-3;1-2/h6-9H,1-2,4H2,3,5H3;1-2H3/b11-8-,12-9-;. The SMILES string of the molecule is C=C/C=C(C(=C)OC)\C(C=C)=C/C.CC. The predicted octanol–water partition coefficient (Wildman–Crippen LogP) is 4.42. The molecule has 0 aliphatic rings. The third-order valence-corrected chi connectivity index (χ3v) is 1.67. The third-order valence-electron chi connectivity index (χ3n) is 1.67. The summed E-state index contributed by atoms with van der Waals surface area (Å²) < 4.78 is 5.05. The quantitative estimate of drug-likeness (QED) is 0.478. The van der Waals surface area contributed by atoms with Crippen molar-refractivity contribution in [3.8, 4) is 0 Å². The zero-order valence-corrected chi connectivity index (χ0v) is 10.3. The maximum atomic E-state index is 5.05. The molecule has 1 heteroatoms. The Morgan fingerprint density at radius 2 is 1.73 bits per heavy atom. The molecule has 0 aliphatic carbocycles. The number of rotatable bonds is 5. The first-order valence-corrected chi connectivity index (χ1v) is 5.06. The van der Waals surface area contributed by atoms with Crippen molar-refractivity contribution in [3.05, 3.63) is 60.9 Å². The van der Waals surface area contributed by atoms with Gasteiger partial charge in [-0.2, -0.15) is 0 Å². The minimum absolute atomic E-state index is 0.618. The summed E-state index contributed by atoms with van der Waals surface area (Å²) in [5.74, 6) is 0.618. The van der Waals surface area contributed by atoms with Gasteiger partial charge in [0, 0.05) is 5.57 Å². The first-order chi connectivity index (χ1) is 7.21. The lowest BCUT2D eigenvalue weighted by Crippen LogP contribution is -1.93. The molecule has 0 aromatic rings. The number of allylic oxidation sites excluding steroid dienone is 5. The fourth-order valence-corrected chi connectivity index (χ4v) is 0.961. The summed E-state index contributed by atoms with van der Waals surface area (Å²) >= 11 is 0. The molecule has 0 aliphatic heterocycles. The molecule has 0 unspecified atom stereocenters. The molecule has 0 atom stereocenters. The van der Waals surface area contributed by atoms with Crippen molar-refractivity contribution in [2.45, 2.75) is 20.8 Å². The lowest BCUT2D eigenvalue weighted by molar-refractivity contribution is 0.304. The molecule has 0 radical (unpaired) electrons. The lowest BCUT2D eigenvalue weighted by atomic mass is 10.0. The fourth-order valence-electron chi connectivity index (χ4n) is 0.961. The van der Waals surface area contributed by atoms with Crippen LogP contribution in [0.4, 0.5) is 0 Å². The lowest BCUT2D eigenvalue weighted by Gasteiger charge is -2.09. The number of methoxy groups -OCH3 is 1. The summed E-state index contributed by atoms with van der Waals surface area (Å²) in [7, 11) is 1.59. The van der Waals surface area contributed by atoms with Gasteiger partial charge in [-0.05, 0) is 12.5 Å². The van der Waals surface area contributed by atoms with E-state index in [1.807, 2.05) is 32.9 Å². The van der Waals surface area contributed by atoms with Gasteiger partial charge in [0.05, 0.1) is 7.11 Å². The highest BCUT2D eigenvalue weighted by Crippen LogP contribution is 2.19. The van der Waals surface area contributed by atoms with Gasteiger partial charge in [-0.3, -0.25) is 0 Å². The zero-order chi connectivity index (χ0) is 12.3. The van der Waals surface area contributed by atoms with Gasteiger partial charge in [-0.25, -0.2) is 0 Å². The van der Waals surface area contributed by atoms with Crippen LogP contribution < -0.4 is 0 Å². The van der Waals surface area contributed by atoms with Gasteiger partial charge >= 0.3 is 0 Å². The average molecular weight is 206 g/mol. The van der Waals surface area contributed by atoms with E-state index in [2.05, 4.69) is 19.7 Å². The van der Waals surface area contributed by atoms with Gasteiger partial charge in [0.2, 0.25) is 0 Å². The molecule has 0 spiro atoms. The molecule has 0 bridgehead atoms. The Bertz CT molecular complexity index is 267. The summed E-state index contributed by atoms with van der Waals surface area (Å²) in [4.78, 5) is 0. The molecular weight excluding hydrogens is 184 g/mol. The molecular formula is C14H22O. The zero-order valence-electron chi connectivity index (χ0n) is 10.3. The van der Waals surface area contributed by atoms with Crippen LogP contribution >= 0.6 is 0 Å². The molecule has 0 aromatic heterocycles. The van der Waals surface area contributed by atoms with Crippen LogP contribution in [-0.2, 0) is 4.74 Å². The number of hydrogen-bond acceptors (Lipinski definition) is 1. The van der Waals surface area contributed by atoms with Crippen molar-refractivity contribution in [3.63, 3.8) is 0 Å². The Morgan fingerprint density at radius 3 is 2.00 bits per heavy atom. The summed E-state index contributed by atoms with van der Waals surface area (Å²) in [6, 6.07) is 0. The van der Waals surface area contributed by atoms with Crippen molar-refractivity contribution in [2.75, 3.05) is 7.11 Å². The predicted molar refractivity (Wildman–Crippen MR) is 69.7 cm³/mol. The van der Waals surface area contributed by atoms with E-state index in [9.17, 15) is 0 Å². The van der Waals surface area contributed by atoms with E-state index >= 15 is 0 Å². The van der Waals surface area contributed by atoms with E-state index in [1.165, 1.54) is 0 Å². The fraction of sp³-hybridized carbons (Fsp3) is 0.286. The first kappa shape index (κ1) is 15.9. The summed E-state index contributed by atoms with van der Waals surface area (Å²) in [5, 5.41) is 0. The largest absolute Gasteiger partial charge is 0.497 e. The molecule has 0 fully saturated rings. The molecule has 1 nitrogen and oxygen atoms in total. The van der Waals surface area contributed by atoms with Crippen molar-refractivity contribution in [1.82, 2.24) is 0 Å². The highest BCUT2D eigenvalue weighted by molar-refractivity contribution is 5.49. The summed E-state index contributed by atoms with van der Waals surface area (Å²) in [5.41, 5.74) is 1.90. The number of hydrogen-bond donors (Lipinski definition) is 0. The van der Waals surface area contributed by atoms with Gasteiger partial charge in [0.15, 0.2) is 0 Å².